The average molecular weight is 680 g/mol. The molecule has 0 unspecified atom stereocenters. The summed E-state index contributed by atoms with van der Waals surface area (Å²) in [7, 11) is -4.09. The Morgan fingerprint density at radius 2 is 1.71 bits per heavy atom. The molecule has 0 spiro atoms. The van der Waals surface area contributed by atoms with Gasteiger partial charge in [0.25, 0.3) is 11.4 Å². The number of rotatable bonds is 10. The Bertz CT molecular complexity index is 1850. The number of nitrogens with zero attached hydrogens (tertiary/aromatic N) is 6. The highest BCUT2D eigenvalue weighted by atomic mass is 32.2. The summed E-state index contributed by atoms with van der Waals surface area (Å²) in [5, 5.41) is 27.8. The standard InChI is InChI=1S/C32H37N7O8S/c1-22-9-10-37(23(2)15-22)48(44,45)32-18-26(38(40)41)5-6-27(32)34-33-19-24-3-7-28(29(16-24)39(42)43)36-13-11-35(12-14-36)20-25-4-8-30-31(17-25)47-21-46-30/h3-8,16-19,22-23,34H,9-15,20-21H2,1-2H3/b33-19-/t22-,23-/m1/s1. The molecule has 3 aliphatic rings. The van der Waals surface area contributed by atoms with E-state index >= 15 is 0 Å². The highest BCUT2D eigenvalue weighted by molar-refractivity contribution is 7.89. The largest absolute Gasteiger partial charge is 0.454 e. The summed E-state index contributed by atoms with van der Waals surface area (Å²) in [6.07, 6.45) is 2.72. The monoisotopic (exact) mass is 679 g/mol. The quantitative estimate of drug-likeness (QED) is 0.177. The number of piperidine rings is 1. The maximum absolute atomic E-state index is 13.7. The fraction of sp³-hybridized carbons (Fsp3) is 0.406. The minimum absolute atomic E-state index is 0.0624. The molecule has 0 saturated carbocycles. The predicted molar refractivity (Wildman–Crippen MR) is 179 cm³/mol. The molecule has 0 amide bonds. The number of hydrogen-bond donors (Lipinski definition) is 1. The molecule has 0 radical (unpaired) electrons. The van der Waals surface area contributed by atoms with E-state index in [2.05, 4.69) is 22.4 Å². The van der Waals surface area contributed by atoms with Crippen LogP contribution in [0.15, 0.2) is 64.6 Å². The van der Waals surface area contributed by atoms with E-state index in [-0.39, 0.29) is 34.8 Å². The fourth-order valence-corrected chi connectivity index (χ4v) is 8.27. The van der Waals surface area contributed by atoms with Gasteiger partial charge in [0.2, 0.25) is 16.8 Å². The molecule has 3 aromatic carbocycles. The first-order valence-electron chi connectivity index (χ1n) is 15.7. The minimum Gasteiger partial charge on any atom is -0.454 e. The third-order valence-electron chi connectivity index (χ3n) is 8.99. The van der Waals surface area contributed by atoms with E-state index in [0.717, 1.165) is 29.7 Å². The van der Waals surface area contributed by atoms with Gasteiger partial charge >= 0.3 is 0 Å². The van der Waals surface area contributed by atoms with Crippen molar-refractivity contribution < 1.29 is 27.7 Å². The SMILES string of the molecule is C[C@@H]1CCN(S(=O)(=O)c2cc([N+](=O)[O-])ccc2N/N=C\c2ccc(N3CCN(Cc4ccc5c(c4)OCO5)CC3)c([N+](=O)[O-])c2)[C@H](C)C1. The van der Waals surface area contributed by atoms with E-state index in [0.29, 0.717) is 62.7 Å². The third kappa shape index (κ3) is 7.05. The van der Waals surface area contributed by atoms with Gasteiger partial charge in [0.1, 0.15) is 10.6 Å². The number of hydrazone groups is 1. The maximum Gasteiger partial charge on any atom is 0.293 e. The summed E-state index contributed by atoms with van der Waals surface area (Å²) in [5.74, 6) is 1.84. The number of piperazine rings is 1. The Labute approximate surface area is 278 Å². The average Bonchev–Trinajstić information content (AvgIpc) is 3.53. The molecule has 16 heteroatoms. The molecule has 2 atom stereocenters. The van der Waals surface area contributed by atoms with Crippen molar-refractivity contribution >= 4 is 39.0 Å². The van der Waals surface area contributed by atoms with Crippen molar-refractivity contribution in [3.05, 3.63) is 86.0 Å². The predicted octanol–water partition coefficient (Wildman–Crippen LogP) is 4.81. The Kier molecular flexibility index (Phi) is 9.48. The Hall–Kier alpha value is -4.80. The topological polar surface area (TPSA) is 173 Å². The zero-order chi connectivity index (χ0) is 34.0. The van der Waals surface area contributed by atoms with Crippen molar-refractivity contribution in [2.75, 3.05) is 49.8 Å². The molecule has 0 aromatic heterocycles. The lowest BCUT2D eigenvalue weighted by Gasteiger charge is -2.35. The number of non-ortho nitro benzene ring substituents is 1. The van der Waals surface area contributed by atoms with E-state index in [1.54, 1.807) is 12.1 Å². The minimum atomic E-state index is -4.09. The zero-order valence-electron chi connectivity index (χ0n) is 26.6. The van der Waals surface area contributed by atoms with Crippen molar-refractivity contribution in [1.29, 1.82) is 0 Å². The van der Waals surface area contributed by atoms with Gasteiger partial charge in [-0.15, -0.1) is 0 Å². The number of fused-ring (bicyclic) bond motifs is 1. The van der Waals surface area contributed by atoms with Gasteiger partial charge in [0.15, 0.2) is 11.5 Å². The molecule has 3 aliphatic heterocycles. The molecule has 0 bridgehead atoms. The summed E-state index contributed by atoms with van der Waals surface area (Å²) in [6, 6.07) is 14.0. The lowest BCUT2D eigenvalue weighted by atomic mass is 9.95. The smallest absolute Gasteiger partial charge is 0.293 e. The first-order chi connectivity index (χ1) is 23.0. The molecular formula is C32H37N7O8S. The second-order valence-corrected chi connectivity index (χ2v) is 14.2. The van der Waals surface area contributed by atoms with Crippen molar-refractivity contribution in [2.45, 2.75) is 44.2 Å². The van der Waals surface area contributed by atoms with E-state index < -0.39 is 19.9 Å². The number of nitrogens with one attached hydrogen (secondary N) is 1. The van der Waals surface area contributed by atoms with Crippen molar-refractivity contribution in [2.24, 2.45) is 11.0 Å². The van der Waals surface area contributed by atoms with Crippen molar-refractivity contribution in [1.82, 2.24) is 9.21 Å². The van der Waals surface area contributed by atoms with Crippen LogP contribution >= 0.6 is 0 Å². The van der Waals surface area contributed by atoms with E-state index in [1.165, 1.54) is 28.7 Å². The van der Waals surface area contributed by atoms with Crippen molar-refractivity contribution in [3.63, 3.8) is 0 Å². The van der Waals surface area contributed by atoms with Crippen LogP contribution in [0.3, 0.4) is 0 Å². The summed E-state index contributed by atoms with van der Waals surface area (Å²) in [4.78, 5) is 26.6. The van der Waals surface area contributed by atoms with Gasteiger partial charge in [-0.3, -0.25) is 30.6 Å². The number of benzene rings is 3. The molecule has 6 rings (SSSR count). The van der Waals surface area contributed by atoms with Gasteiger partial charge in [-0.2, -0.15) is 9.41 Å². The maximum atomic E-state index is 13.7. The number of ether oxygens (including phenoxy) is 2. The van der Waals surface area contributed by atoms with Crippen molar-refractivity contribution in [3.8, 4) is 11.5 Å². The Morgan fingerprint density at radius 3 is 2.44 bits per heavy atom. The molecule has 15 nitrogen and oxygen atoms in total. The van der Waals surface area contributed by atoms with Gasteiger partial charge in [-0.05, 0) is 55.5 Å². The number of anilines is 2. The van der Waals surface area contributed by atoms with Crippen LogP contribution in [0.4, 0.5) is 22.7 Å². The van der Waals surface area contributed by atoms with Gasteiger partial charge in [0.05, 0.1) is 21.7 Å². The summed E-state index contributed by atoms with van der Waals surface area (Å²) < 4.78 is 39.7. The van der Waals surface area contributed by atoms with Crippen LogP contribution in [-0.2, 0) is 16.6 Å². The Morgan fingerprint density at radius 1 is 0.938 bits per heavy atom. The molecule has 0 aliphatic carbocycles. The molecule has 2 saturated heterocycles. The lowest BCUT2D eigenvalue weighted by molar-refractivity contribution is -0.385. The first kappa shape index (κ1) is 33.1. The van der Waals surface area contributed by atoms with Crippen LogP contribution in [0, 0.1) is 26.1 Å². The highest BCUT2D eigenvalue weighted by Crippen LogP contribution is 2.35. The normalized spacial score (nSPS) is 20.2. The van der Waals surface area contributed by atoms with Gasteiger partial charge in [-0.25, -0.2) is 8.42 Å². The number of hydrogen-bond acceptors (Lipinski definition) is 12. The highest BCUT2D eigenvalue weighted by Gasteiger charge is 2.35. The van der Waals surface area contributed by atoms with Crippen LogP contribution < -0.4 is 19.8 Å². The summed E-state index contributed by atoms with van der Waals surface area (Å²) in [5.41, 5.74) is 4.35. The van der Waals surface area contributed by atoms with Crippen LogP contribution in [-0.4, -0.2) is 79.2 Å². The van der Waals surface area contributed by atoms with Crippen LogP contribution in [0.25, 0.3) is 0 Å². The number of nitro groups is 2. The van der Waals surface area contributed by atoms with Crippen LogP contribution in [0.5, 0.6) is 11.5 Å². The molecule has 3 heterocycles. The Balaban J connectivity index is 1.15. The summed E-state index contributed by atoms with van der Waals surface area (Å²) in [6.45, 7) is 7.79. The van der Waals surface area contributed by atoms with Gasteiger partial charge in [-0.1, -0.05) is 19.1 Å². The molecule has 254 valence electrons. The van der Waals surface area contributed by atoms with E-state index in [9.17, 15) is 28.6 Å². The molecule has 48 heavy (non-hydrogen) atoms. The molecule has 3 aromatic rings. The number of nitro benzene ring substituents is 2. The van der Waals surface area contributed by atoms with Gasteiger partial charge in [0, 0.05) is 69.1 Å². The lowest BCUT2D eigenvalue weighted by Crippen LogP contribution is -2.46. The van der Waals surface area contributed by atoms with Crippen LogP contribution in [0.2, 0.25) is 0 Å². The van der Waals surface area contributed by atoms with Crippen LogP contribution in [0.1, 0.15) is 37.8 Å². The summed E-state index contributed by atoms with van der Waals surface area (Å²) >= 11 is 0. The van der Waals surface area contributed by atoms with E-state index in [1.807, 2.05) is 30.0 Å². The molecular weight excluding hydrogens is 642 g/mol. The second-order valence-electron chi connectivity index (χ2n) is 12.4. The first-order valence-corrected chi connectivity index (χ1v) is 17.2. The zero-order valence-corrected chi connectivity index (χ0v) is 27.5. The fourth-order valence-electron chi connectivity index (χ4n) is 6.45. The third-order valence-corrected chi connectivity index (χ3v) is 11.0. The molecule has 1 N–H and O–H groups in total. The molecule has 2 fully saturated rings. The van der Waals surface area contributed by atoms with E-state index in [4.69, 9.17) is 9.47 Å². The second kappa shape index (κ2) is 13.7. The number of sulfonamides is 1. The van der Waals surface area contributed by atoms with Gasteiger partial charge < -0.3 is 14.4 Å².